The van der Waals surface area contributed by atoms with Gasteiger partial charge in [0.1, 0.15) is 5.88 Å². The average Bonchev–Trinajstić information content (AvgIpc) is 2.57. The molecule has 0 aromatic heterocycles. The molecule has 3 nitrogen and oxygen atoms in total. The standard InChI is InChI=1S/C8H15ClN2O/c9-7-8(12)10-3-6-11-4-1-2-5-11/h1-7H2,(H,10,12). The van der Waals surface area contributed by atoms with E-state index >= 15 is 0 Å². The summed E-state index contributed by atoms with van der Waals surface area (Å²) in [5.74, 6) is -0.00383. The fraction of sp³-hybridized carbons (Fsp3) is 0.875. The number of nitrogens with zero attached hydrogens (tertiary/aromatic N) is 1. The Morgan fingerprint density at radius 2 is 2.08 bits per heavy atom. The third kappa shape index (κ3) is 3.41. The van der Waals surface area contributed by atoms with Gasteiger partial charge in [-0.2, -0.15) is 0 Å². The lowest BCUT2D eigenvalue weighted by molar-refractivity contribution is -0.118. The second kappa shape index (κ2) is 5.38. The minimum atomic E-state index is -0.0733. The zero-order valence-corrected chi connectivity index (χ0v) is 7.94. The molecule has 4 heteroatoms. The molecule has 12 heavy (non-hydrogen) atoms. The molecule has 0 aromatic carbocycles. The van der Waals surface area contributed by atoms with E-state index < -0.39 is 0 Å². The summed E-state index contributed by atoms with van der Waals surface area (Å²) in [6.07, 6.45) is 2.59. The van der Waals surface area contributed by atoms with Crippen LogP contribution in [-0.2, 0) is 4.79 Å². The fourth-order valence-corrected chi connectivity index (χ4v) is 1.50. The van der Waals surface area contributed by atoms with Gasteiger partial charge in [0.2, 0.25) is 5.91 Å². The molecular weight excluding hydrogens is 176 g/mol. The predicted octanol–water partition coefficient (Wildman–Crippen LogP) is 0.437. The lowest BCUT2D eigenvalue weighted by Gasteiger charge is -2.13. The lowest BCUT2D eigenvalue weighted by Crippen LogP contribution is -2.33. The first-order valence-corrected chi connectivity index (χ1v) is 4.91. The summed E-state index contributed by atoms with van der Waals surface area (Å²) in [4.78, 5) is 13.1. The third-order valence-corrected chi connectivity index (χ3v) is 2.31. The van der Waals surface area contributed by atoms with Gasteiger partial charge in [-0.25, -0.2) is 0 Å². The minimum Gasteiger partial charge on any atom is -0.354 e. The van der Waals surface area contributed by atoms with Crippen molar-refractivity contribution in [3.63, 3.8) is 0 Å². The summed E-state index contributed by atoms with van der Waals surface area (Å²) >= 11 is 5.32. The van der Waals surface area contributed by atoms with Crippen LogP contribution in [0.4, 0.5) is 0 Å². The monoisotopic (exact) mass is 190 g/mol. The summed E-state index contributed by atoms with van der Waals surface area (Å²) in [6, 6.07) is 0. The molecule has 0 aliphatic carbocycles. The Balaban J connectivity index is 1.97. The molecule has 0 saturated carbocycles. The number of amides is 1. The van der Waals surface area contributed by atoms with E-state index in [4.69, 9.17) is 11.6 Å². The van der Waals surface area contributed by atoms with Crippen molar-refractivity contribution < 1.29 is 4.79 Å². The Kier molecular flexibility index (Phi) is 4.40. The van der Waals surface area contributed by atoms with Crippen LogP contribution in [0, 0.1) is 0 Å². The van der Waals surface area contributed by atoms with E-state index in [1.807, 2.05) is 0 Å². The van der Waals surface area contributed by atoms with E-state index in [9.17, 15) is 4.79 Å². The molecule has 1 fully saturated rings. The first-order chi connectivity index (χ1) is 5.83. The van der Waals surface area contributed by atoms with Gasteiger partial charge in [0.15, 0.2) is 0 Å². The Labute approximate surface area is 78.1 Å². The van der Waals surface area contributed by atoms with Gasteiger partial charge < -0.3 is 10.2 Å². The zero-order chi connectivity index (χ0) is 8.81. The fourth-order valence-electron chi connectivity index (χ4n) is 1.41. The molecule has 1 rings (SSSR count). The van der Waals surface area contributed by atoms with E-state index in [0.29, 0.717) is 0 Å². The smallest absolute Gasteiger partial charge is 0.234 e. The predicted molar refractivity (Wildman–Crippen MR) is 49.4 cm³/mol. The Hall–Kier alpha value is -0.280. The molecule has 70 valence electrons. The van der Waals surface area contributed by atoms with Crippen molar-refractivity contribution in [3.05, 3.63) is 0 Å². The molecule has 1 amide bonds. The molecule has 0 radical (unpaired) electrons. The van der Waals surface area contributed by atoms with Crippen LogP contribution < -0.4 is 5.32 Å². The van der Waals surface area contributed by atoms with E-state index in [1.54, 1.807) is 0 Å². The van der Waals surface area contributed by atoms with Crippen LogP contribution in [0.25, 0.3) is 0 Å². The molecule has 0 atom stereocenters. The van der Waals surface area contributed by atoms with Gasteiger partial charge in [0.25, 0.3) is 0 Å². The first kappa shape index (κ1) is 9.81. The highest BCUT2D eigenvalue weighted by Crippen LogP contribution is 2.05. The number of hydrogen-bond acceptors (Lipinski definition) is 2. The number of halogens is 1. The SMILES string of the molecule is O=C(CCl)NCCN1CCCC1. The van der Waals surface area contributed by atoms with Crippen LogP contribution in [0.5, 0.6) is 0 Å². The van der Waals surface area contributed by atoms with Crippen LogP contribution in [0.15, 0.2) is 0 Å². The Morgan fingerprint density at radius 3 is 2.67 bits per heavy atom. The topological polar surface area (TPSA) is 32.3 Å². The summed E-state index contributed by atoms with van der Waals surface area (Å²) in [5.41, 5.74) is 0. The number of alkyl halides is 1. The lowest BCUT2D eigenvalue weighted by atomic mass is 10.4. The number of carbonyl (C=O) groups is 1. The highest BCUT2D eigenvalue weighted by molar-refractivity contribution is 6.27. The molecular formula is C8H15ClN2O. The zero-order valence-electron chi connectivity index (χ0n) is 7.18. The molecule has 1 N–H and O–H groups in total. The van der Waals surface area contributed by atoms with Gasteiger partial charge in [0.05, 0.1) is 0 Å². The average molecular weight is 191 g/mol. The molecule has 0 spiro atoms. The van der Waals surface area contributed by atoms with Crippen molar-refractivity contribution in [2.45, 2.75) is 12.8 Å². The van der Waals surface area contributed by atoms with Crippen molar-refractivity contribution >= 4 is 17.5 Å². The minimum absolute atomic E-state index is 0.0694. The van der Waals surface area contributed by atoms with Gasteiger partial charge in [0, 0.05) is 13.1 Å². The van der Waals surface area contributed by atoms with E-state index in [2.05, 4.69) is 10.2 Å². The Bertz CT molecular complexity index is 146. The van der Waals surface area contributed by atoms with Gasteiger partial charge >= 0.3 is 0 Å². The van der Waals surface area contributed by atoms with Crippen molar-refractivity contribution in [1.82, 2.24) is 10.2 Å². The van der Waals surface area contributed by atoms with Crippen LogP contribution in [0.2, 0.25) is 0 Å². The summed E-state index contributed by atoms with van der Waals surface area (Å²) in [6.45, 7) is 4.04. The number of carbonyl (C=O) groups excluding carboxylic acids is 1. The Morgan fingerprint density at radius 1 is 1.42 bits per heavy atom. The maximum atomic E-state index is 10.7. The van der Waals surface area contributed by atoms with Crippen LogP contribution in [0.3, 0.4) is 0 Å². The second-order valence-corrected chi connectivity index (χ2v) is 3.30. The molecule has 0 unspecified atom stereocenters. The van der Waals surface area contributed by atoms with Crippen molar-refractivity contribution in [2.75, 3.05) is 32.1 Å². The van der Waals surface area contributed by atoms with Gasteiger partial charge in [-0.15, -0.1) is 11.6 Å². The maximum absolute atomic E-state index is 10.7. The van der Waals surface area contributed by atoms with Gasteiger partial charge in [-0.3, -0.25) is 4.79 Å². The summed E-state index contributed by atoms with van der Waals surface area (Å²) < 4.78 is 0. The molecule has 1 aliphatic rings. The highest BCUT2D eigenvalue weighted by atomic mass is 35.5. The van der Waals surface area contributed by atoms with Crippen LogP contribution in [0.1, 0.15) is 12.8 Å². The van der Waals surface area contributed by atoms with E-state index in [1.165, 1.54) is 25.9 Å². The van der Waals surface area contributed by atoms with Gasteiger partial charge in [-0.1, -0.05) is 0 Å². The molecule has 1 aliphatic heterocycles. The summed E-state index contributed by atoms with van der Waals surface area (Å²) in [7, 11) is 0. The van der Waals surface area contributed by atoms with E-state index in [-0.39, 0.29) is 11.8 Å². The van der Waals surface area contributed by atoms with E-state index in [0.717, 1.165) is 13.1 Å². The second-order valence-electron chi connectivity index (χ2n) is 3.03. The molecule has 1 heterocycles. The number of likely N-dealkylation sites (tertiary alicyclic amines) is 1. The van der Waals surface area contributed by atoms with Crippen molar-refractivity contribution in [3.8, 4) is 0 Å². The summed E-state index contributed by atoms with van der Waals surface area (Å²) in [5, 5.41) is 2.75. The maximum Gasteiger partial charge on any atom is 0.234 e. The van der Waals surface area contributed by atoms with Crippen molar-refractivity contribution in [2.24, 2.45) is 0 Å². The van der Waals surface area contributed by atoms with Crippen LogP contribution in [-0.4, -0.2) is 42.9 Å². The first-order valence-electron chi connectivity index (χ1n) is 4.38. The third-order valence-electron chi connectivity index (χ3n) is 2.07. The number of hydrogen-bond donors (Lipinski definition) is 1. The normalized spacial score (nSPS) is 18.1. The molecule has 0 aromatic rings. The number of nitrogens with one attached hydrogen (secondary N) is 1. The molecule has 1 saturated heterocycles. The highest BCUT2D eigenvalue weighted by Gasteiger charge is 2.10. The quantitative estimate of drug-likeness (QED) is 0.653. The number of rotatable bonds is 4. The van der Waals surface area contributed by atoms with Crippen LogP contribution >= 0.6 is 11.6 Å². The van der Waals surface area contributed by atoms with Crippen molar-refractivity contribution in [1.29, 1.82) is 0 Å². The molecule has 0 bridgehead atoms. The largest absolute Gasteiger partial charge is 0.354 e. The van der Waals surface area contributed by atoms with Gasteiger partial charge in [-0.05, 0) is 25.9 Å².